The van der Waals surface area contributed by atoms with E-state index in [9.17, 15) is 24.3 Å². The first-order valence-corrected chi connectivity index (χ1v) is 26.2. The van der Waals surface area contributed by atoms with Gasteiger partial charge in [-0.15, -0.1) is 11.3 Å². The van der Waals surface area contributed by atoms with Crippen molar-refractivity contribution in [1.82, 2.24) is 45.6 Å². The van der Waals surface area contributed by atoms with Gasteiger partial charge >= 0.3 is 0 Å². The van der Waals surface area contributed by atoms with Gasteiger partial charge in [0.2, 0.25) is 23.6 Å². The van der Waals surface area contributed by atoms with Crippen LogP contribution < -0.4 is 20.3 Å². The lowest BCUT2D eigenvalue weighted by atomic mass is 9.79. The lowest BCUT2D eigenvalue weighted by Crippen LogP contribution is -2.52. The molecule has 2 saturated heterocycles. The molecular formula is C53H70N10O9S. The third-order valence-corrected chi connectivity index (χ3v) is 14.8. The van der Waals surface area contributed by atoms with Crippen molar-refractivity contribution < 1.29 is 43.2 Å². The number of benzene rings is 2. The minimum atomic E-state index is -0.843. The first-order chi connectivity index (χ1) is 35.0. The molecule has 0 spiro atoms. The number of aromatic nitrogens is 5. The highest BCUT2D eigenvalue weighted by molar-refractivity contribution is 7.13. The number of amides is 4. The Morgan fingerprint density at radius 1 is 0.904 bits per heavy atom. The maximum Gasteiger partial charge on any atom is 0.243 e. The molecule has 19 nitrogen and oxygen atoms in total. The maximum atomic E-state index is 14.1. The molecule has 2 aromatic carbocycles. The number of anilines is 1. The SMILES string of the molecule is Cc1ncsc1-c1ccc([C@H](C)NC(=O)[C@@H]2C[C@@H](O)CN2C(=O)[C@@H](CNC(=O)CCOCCOCCOCCC(=O)N2CCN(c3cc(-c4n[nH]c5ccc(OC6(C)CC6)cc45)ncn3)CC2)C(C)(C)C)cc1. The summed E-state index contributed by atoms with van der Waals surface area (Å²) in [6.45, 7) is 16.0. The molecule has 1 aliphatic carbocycles. The number of piperazine rings is 1. The summed E-state index contributed by atoms with van der Waals surface area (Å²) in [5.74, 6) is 0.0994. The van der Waals surface area contributed by atoms with Gasteiger partial charge in [-0.2, -0.15) is 5.10 Å². The van der Waals surface area contributed by atoms with E-state index in [4.69, 9.17) is 18.9 Å². The van der Waals surface area contributed by atoms with Crippen LogP contribution in [0.25, 0.3) is 32.7 Å². The summed E-state index contributed by atoms with van der Waals surface area (Å²) in [5, 5.41) is 25.2. The van der Waals surface area contributed by atoms with Crippen molar-refractivity contribution in [2.45, 2.75) is 97.4 Å². The number of nitrogens with zero attached hydrogens (tertiary/aromatic N) is 7. The maximum absolute atomic E-state index is 14.1. The predicted octanol–water partition coefficient (Wildman–Crippen LogP) is 5.48. The molecule has 3 aliphatic rings. The number of β-amino-alcohol motifs (C(OH)–C–C–N with tert-alkyl or cyclic N) is 1. The quantitative estimate of drug-likeness (QED) is 0.0595. The lowest BCUT2D eigenvalue weighted by Gasteiger charge is -2.35. The van der Waals surface area contributed by atoms with Gasteiger partial charge < -0.3 is 49.4 Å². The molecule has 0 unspecified atom stereocenters. The molecule has 392 valence electrons. The number of fused-ring (bicyclic) bond motifs is 1. The summed E-state index contributed by atoms with van der Waals surface area (Å²) in [4.78, 5) is 73.6. The molecule has 3 fully saturated rings. The third-order valence-electron chi connectivity index (χ3n) is 13.9. The highest BCUT2D eigenvalue weighted by atomic mass is 32.1. The molecule has 3 aromatic heterocycles. The van der Waals surface area contributed by atoms with E-state index in [1.807, 2.05) is 93.6 Å². The van der Waals surface area contributed by atoms with Crippen LogP contribution in [0.4, 0.5) is 5.82 Å². The highest BCUT2D eigenvalue weighted by Crippen LogP contribution is 2.41. The van der Waals surface area contributed by atoms with E-state index in [1.54, 1.807) is 17.7 Å². The molecule has 2 aliphatic heterocycles. The van der Waals surface area contributed by atoms with Gasteiger partial charge in [0.25, 0.3) is 0 Å². The number of carbonyl (C=O) groups excluding carboxylic acids is 4. The molecule has 1 saturated carbocycles. The lowest BCUT2D eigenvalue weighted by molar-refractivity contribution is -0.144. The van der Waals surface area contributed by atoms with Crippen LogP contribution >= 0.6 is 11.3 Å². The molecule has 0 bridgehead atoms. The van der Waals surface area contributed by atoms with Crippen LogP contribution in [0.2, 0.25) is 0 Å². The van der Waals surface area contributed by atoms with Crippen molar-refractivity contribution in [3.63, 3.8) is 0 Å². The van der Waals surface area contributed by atoms with Crippen LogP contribution in [-0.4, -0.2) is 160 Å². The molecule has 20 heteroatoms. The number of aliphatic hydroxyl groups is 1. The Balaban J connectivity index is 0.671. The van der Waals surface area contributed by atoms with Crippen LogP contribution in [-0.2, 0) is 33.4 Å². The number of rotatable bonds is 23. The van der Waals surface area contributed by atoms with Crippen LogP contribution in [0.1, 0.15) is 84.0 Å². The molecule has 4 N–H and O–H groups in total. The molecule has 0 radical (unpaired) electrons. The largest absolute Gasteiger partial charge is 0.488 e. The van der Waals surface area contributed by atoms with Gasteiger partial charge in [0, 0.05) is 63.6 Å². The standard InChI is InChI=1S/C53H70N10O9S/c1-34(36-7-9-37(10-8-36)49-35(2)57-33-73-49)58-50(67)44-27-38(64)31-63(44)51(68)41(52(3,4)5)30-54-46(65)13-21-69-23-25-71-26-24-70-22-14-47(66)62-19-17-61(18-20-62)45-29-43(55-32-56-45)48-40-28-39(72-53(6)15-16-53)11-12-42(40)59-60-48/h7-12,28-29,32-34,38,41,44,64H,13-27,30-31H2,1-6H3,(H,54,65)(H,58,67)(H,59,60)/t34-,38+,41+,44-/m0/s1. The van der Waals surface area contributed by atoms with Gasteiger partial charge in [-0.3, -0.25) is 24.3 Å². The van der Waals surface area contributed by atoms with E-state index < -0.39 is 23.5 Å². The minimum absolute atomic E-state index is 0.0354. The van der Waals surface area contributed by atoms with Crippen molar-refractivity contribution in [3.05, 3.63) is 71.6 Å². The monoisotopic (exact) mass is 1020 g/mol. The fraction of sp³-hybridized carbons (Fsp3) is 0.547. The average molecular weight is 1020 g/mol. The van der Waals surface area contributed by atoms with E-state index in [0.29, 0.717) is 51.7 Å². The molecule has 5 aromatic rings. The van der Waals surface area contributed by atoms with Crippen molar-refractivity contribution in [2.75, 3.05) is 83.8 Å². The normalized spacial score (nSPS) is 18.4. The molecule has 4 atom stereocenters. The average Bonchev–Trinajstić information content (AvgIpc) is 3.66. The van der Waals surface area contributed by atoms with Crippen LogP contribution in [0, 0.1) is 18.3 Å². The van der Waals surface area contributed by atoms with Crippen molar-refractivity contribution in [3.8, 4) is 27.6 Å². The van der Waals surface area contributed by atoms with Crippen LogP contribution in [0.15, 0.2) is 60.4 Å². The van der Waals surface area contributed by atoms with Gasteiger partial charge in [-0.05, 0) is 68.4 Å². The number of aromatic amines is 1. The summed E-state index contributed by atoms with van der Waals surface area (Å²) >= 11 is 1.58. The fourth-order valence-corrected chi connectivity index (χ4v) is 9.95. The first-order valence-electron chi connectivity index (χ1n) is 25.4. The van der Waals surface area contributed by atoms with Gasteiger partial charge in [-0.25, -0.2) is 15.0 Å². The van der Waals surface area contributed by atoms with Crippen molar-refractivity contribution in [2.24, 2.45) is 11.3 Å². The van der Waals surface area contributed by atoms with Gasteiger partial charge in [0.1, 0.15) is 35.2 Å². The smallest absolute Gasteiger partial charge is 0.243 e. The van der Waals surface area contributed by atoms with Gasteiger partial charge in [0.05, 0.1) is 91.4 Å². The number of hydrogen-bond donors (Lipinski definition) is 4. The Kier molecular flexibility index (Phi) is 17.4. The molecule has 73 heavy (non-hydrogen) atoms. The molecular weight excluding hydrogens is 953 g/mol. The van der Waals surface area contributed by atoms with Crippen LogP contribution in [0.5, 0.6) is 5.75 Å². The Hall–Kier alpha value is -6.06. The number of aryl methyl sites for hydroxylation is 1. The zero-order chi connectivity index (χ0) is 51.7. The number of hydrogen-bond acceptors (Lipinski definition) is 15. The van der Waals surface area contributed by atoms with E-state index in [0.717, 1.165) is 62.7 Å². The summed E-state index contributed by atoms with van der Waals surface area (Å²) in [6.07, 6.45) is 3.31. The number of H-pyrrole nitrogens is 1. The molecule has 5 heterocycles. The zero-order valence-electron chi connectivity index (χ0n) is 42.9. The number of thiazole rings is 1. The Morgan fingerprint density at radius 2 is 1.60 bits per heavy atom. The number of nitrogens with one attached hydrogen (secondary N) is 3. The van der Waals surface area contributed by atoms with E-state index in [2.05, 4.69) is 47.6 Å². The summed E-state index contributed by atoms with van der Waals surface area (Å²) in [5.41, 5.74) is 6.48. The summed E-state index contributed by atoms with van der Waals surface area (Å²) in [6, 6.07) is 14.7. The second kappa shape index (κ2) is 23.9. The predicted molar refractivity (Wildman–Crippen MR) is 277 cm³/mol. The third kappa shape index (κ3) is 14.0. The van der Waals surface area contributed by atoms with Crippen LogP contribution in [0.3, 0.4) is 0 Å². The number of likely N-dealkylation sites (tertiary alicyclic amines) is 1. The Labute approximate surface area is 430 Å². The summed E-state index contributed by atoms with van der Waals surface area (Å²) in [7, 11) is 0. The molecule has 8 rings (SSSR count). The minimum Gasteiger partial charge on any atom is -0.488 e. The number of aliphatic hydroxyl groups excluding tert-OH is 1. The van der Waals surface area contributed by atoms with E-state index in [1.165, 1.54) is 4.90 Å². The number of carbonyl (C=O) groups is 4. The Bertz CT molecular complexity index is 2680. The molecule has 4 amide bonds. The van der Waals surface area contributed by atoms with Gasteiger partial charge in [0.15, 0.2) is 0 Å². The number of ether oxygens (including phenoxy) is 4. The Morgan fingerprint density at radius 3 is 2.27 bits per heavy atom. The second-order valence-corrected chi connectivity index (χ2v) is 21.4. The second-order valence-electron chi connectivity index (χ2n) is 20.5. The van der Waals surface area contributed by atoms with Crippen molar-refractivity contribution in [1.29, 1.82) is 0 Å². The zero-order valence-corrected chi connectivity index (χ0v) is 43.7. The van der Waals surface area contributed by atoms with Gasteiger partial charge in [-0.1, -0.05) is 45.0 Å². The van der Waals surface area contributed by atoms with E-state index >= 15 is 0 Å². The van der Waals surface area contributed by atoms with Crippen molar-refractivity contribution >= 4 is 51.7 Å². The summed E-state index contributed by atoms with van der Waals surface area (Å²) < 4.78 is 23.1. The highest BCUT2D eigenvalue weighted by Gasteiger charge is 2.44. The fourth-order valence-electron chi connectivity index (χ4n) is 9.14. The van der Waals surface area contributed by atoms with E-state index in [-0.39, 0.29) is 87.4 Å². The first kappa shape index (κ1) is 53.2. The topological polar surface area (TPSA) is 227 Å².